The van der Waals surface area contributed by atoms with E-state index in [9.17, 15) is 4.79 Å². The maximum absolute atomic E-state index is 10.9. The van der Waals surface area contributed by atoms with E-state index in [0.717, 1.165) is 11.2 Å². The topological polar surface area (TPSA) is 81.1 Å². The Morgan fingerprint density at radius 3 is 3.00 bits per heavy atom. The van der Waals surface area contributed by atoms with E-state index in [1.807, 2.05) is 4.57 Å². The number of carbonyl (C=O) groups is 1. The summed E-state index contributed by atoms with van der Waals surface area (Å²) in [5.74, 6) is -0.956. The summed E-state index contributed by atoms with van der Waals surface area (Å²) >= 11 is 0. The Balaban J connectivity index is 2.02. The molecule has 0 fully saturated rings. The molecule has 0 bridgehead atoms. The normalized spacial score (nSPS) is 10.9. The fraction of sp³-hybridized carbons (Fsp3) is 0.0833. The highest BCUT2D eigenvalue weighted by molar-refractivity contribution is 5.92. The lowest BCUT2D eigenvalue weighted by Gasteiger charge is -2.01. The van der Waals surface area contributed by atoms with Crippen molar-refractivity contribution < 1.29 is 14.4 Å². The lowest BCUT2D eigenvalue weighted by Crippen LogP contribution is -1.99. The molecule has 6 heteroatoms. The van der Waals surface area contributed by atoms with Gasteiger partial charge in [0.25, 0.3) is 0 Å². The van der Waals surface area contributed by atoms with Crippen LogP contribution < -0.4 is 0 Å². The monoisotopic (exact) mass is 243 g/mol. The zero-order chi connectivity index (χ0) is 12.5. The highest BCUT2D eigenvalue weighted by Crippen LogP contribution is 2.16. The first-order valence-electron chi connectivity index (χ1n) is 5.31. The molecule has 1 aromatic carbocycles. The van der Waals surface area contributed by atoms with E-state index in [2.05, 4.69) is 10.1 Å². The van der Waals surface area contributed by atoms with Crippen molar-refractivity contribution in [2.45, 2.75) is 6.54 Å². The van der Waals surface area contributed by atoms with Gasteiger partial charge in [-0.15, -0.1) is 0 Å². The number of carboxylic acids is 1. The van der Waals surface area contributed by atoms with Gasteiger partial charge in [0, 0.05) is 6.07 Å². The van der Waals surface area contributed by atoms with Crippen LogP contribution in [0.2, 0.25) is 0 Å². The summed E-state index contributed by atoms with van der Waals surface area (Å²) in [4.78, 5) is 15.0. The predicted octanol–water partition coefficient (Wildman–Crippen LogP) is 1.77. The Labute approximate surface area is 101 Å². The van der Waals surface area contributed by atoms with E-state index >= 15 is 0 Å². The van der Waals surface area contributed by atoms with Crippen LogP contribution in [-0.2, 0) is 6.54 Å². The number of imidazole rings is 1. The number of aromatic nitrogens is 3. The van der Waals surface area contributed by atoms with Gasteiger partial charge in [-0.25, -0.2) is 9.78 Å². The third kappa shape index (κ3) is 1.73. The zero-order valence-corrected chi connectivity index (χ0v) is 9.28. The number of carboxylic acid groups (broad SMARTS) is 1. The maximum atomic E-state index is 10.9. The van der Waals surface area contributed by atoms with Gasteiger partial charge in [-0.1, -0.05) is 5.16 Å². The van der Waals surface area contributed by atoms with Crippen molar-refractivity contribution in [2.75, 3.05) is 0 Å². The van der Waals surface area contributed by atoms with Crippen molar-refractivity contribution in [3.8, 4) is 0 Å². The highest BCUT2D eigenvalue weighted by Gasteiger charge is 2.08. The van der Waals surface area contributed by atoms with Crippen LogP contribution in [0.5, 0.6) is 0 Å². The molecule has 0 atom stereocenters. The van der Waals surface area contributed by atoms with Gasteiger partial charge >= 0.3 is 5.97 Å². The Morgan fingerprint density at radius 1 is 1.39 bits per heavy atom. The van der Waals surface area contributed by atoms with Gasteiger partial charge in [0.1, 0.15) is 12.0 Å². The van der Waals surface area contributed by atoms with Crippen LogP contribution in [0.15, 0.2) is 41.4 Å². The summed E-state index contributed by atoms with van der Waals surface area (Å²) in [6.45, 7) is 0.541. The van der Waals surface area contributed by atoms with Gasteiger partial charge < -0.3 is 14.2 Å². The second-order valence-electron chi connectivity index (χ2n) is 3.87. The molecule has 1 N–H and O–H groups in total. The third-order valence-corrected chi connectivity index (χ3v) is 2.69. The van der Waals surface area contributed by atoms with Gasteiger partial charge in [0.2, 0.25) is 0 Å². The average molecular weight is 243 g/mol. The van der Waals surface area contributed by atoms with E-state index in [-0.39, 0.29) is 5.56 Å². The number of fused-ring (bicyclic) bond motifs is 1. The van der Waals surface area contributed by atoms with E-state index < -0.39 is 5.97 Å². The minimum atomic E-state index is -0.956. The van der Waals surface area contributed by atoms with E-state index in [0.29, 0.717) is 12.1 Å². The van der Waals surface area contributed by atoms with Crippen molar-refractivity contribution in [3.63, 3.8) is 0 Å². The summed E-state index contributed by atoms with van der Waals surface area (Å²) in [6, 6.07) is 6.63. The number of rotatable bonds is 3. The Morgan fingerprint density at radius 2 is 2.28 bits per heavy atom. The number of hydrogen-bond acceptors (Lipinski definition) is 4. The van der Waals surface area contributed by atoms with Crippen LogP contribution >= 0.6 is 0 Å². The molecule has 0 radical (unpaired) electrons. The summed E-state index contributed by atoms with van der Waals surface area (Å²) in [7, 11) is 0. The molecule has 0 aliphatic heterocycles. The quantitative estimate of drug-likeness (QED) is 0.758. The molecule has 2 heterocycles. The lowest BCUT2D eigenvalue weighted by molar-refractivity contribution is 0.0697. The molecule has 0 saturated heterocycles. The molecule has 3 rings (SSSR count). The van der Waals surface area contributed by atoms with E-state index in [4.69, 9.17) is 9.63 Å². The van der Waals surface area contributed by atoms with Crippen molar-refractivity contribution in [2.24, 2.45) is 0 Å². The molecule has 0 aliphatic rings. The molecule has 0 unspecified atom stereocenters. The van der Waals surface area contributed by atoms with Crippen LogP contribution in [-0.4, -0.2) is 25.8 Å². The molecule has 0 aliphatic carbocycles. The number of hydrogen-bond donors (Lipinski definition) is 1. The van der Waals surface area contributed by atoms with Gasteiger partial charge in [0.15, 0.2) is 0 Å². The van der Waals surface area contributed by atoms with Crippen molar-refractivity contribution in [1.29, 1.82) is 0 Å². The Kier molecular flexibility index (Phi) is 2.33. The molecular weight excluding hydrogens is 234 g/mol. The van der Waals surface area contributed by atoms with Crippen molar-refractivity contribution >= 4 is 17.0 Å². The van der Waals surface area contributed by atoms with Gasteiger partial charge in [-0.05, 0) is 18.2 Å². The van der Waals surface area contributed by atoms with Gasteiger partial charge in [-0.3, -0.25) is 0 Å². The number of aromatic carboxylic acids is 1. The molecule has 6 nitrogen and oxygen atoms in total. The predicted molar refractivity (Wildman–Crippen MR) is 62.3 cm³/mol. The van der Waals surface area contributed by atoms with Gasteiger partial charge in [0.05, 0.1) is 29.5 Å². The summed E-state index contributed by atoms with van der Waals surface area (Å²) in [5, 5.41) is 12.7. The Hall–Kier alpha value is -2.63. The molecule has 0 spiro atoms. The van der Waals surface area contributed by atoms with Crippen LogP contribution in [0.3, 0.4) is 0 Å². The standard InChI is InChI=1S/C12H9N3O3/c16-12(17)8-1-2-11-10(5-8)13-7-15(11)6-9-3-4-18-14-9/h1-5,7H,6H2,(H,16,17). The van der Waals surface area contributed by atoms with Crippen molar-refractivity contribution in [3.05, 3.63) is 48.1 Å². The van der Waals surface area contributed by atoms with Crippen LogP contribution in [0.4, 0.5) is 0 Å². The fourth-order valence-electron chi connectivity index (χ4n) is 1.82. The fourth-order valence-corrected chi connectivity index (χ4v) is 1.82. The second kappa shape index (κ2) is 3.99. The van der Waals surface area contributed by atoms with Crippen LogP contribution in [0, 0.1) is 0 Å². The van der Waals surface area contributed by atoms with E-state index in [1.165, 1.54) is 6.26 Å². The van der Waals surface area contributed by atoms with Crippen LogP contribution in [0.25, 0.3) is 11.0 Å². The molecule has 2 aromatic heterocycles. The maximum Gasteiger partial charge on any atom is 0.335 e. The molecule has 18 heavy (non-hydrogen) atoms. The minimum absolute atomic E-state index is 0.231. The first kappa shape index (κ1) is 10.5. The zero-order valence-electron chi connectivity index (χ0n) is 9.28. The summed E-state index contributed by atoms with van der Waals surface area (Å²) in [6.07, 6.45) is 3.17. The molecule has 0 amide bonds. The smallest absolute Gasteiger partial charge is 0.335 e. The third-order valence-electron chi connectivity index (χ3n) is 2.69. The van der Waals surface area contributed by atoms with E-state index in [1.54, 1.807) is 30.6 Å². The van der Waals surface area contributed by atoms with Crippen LogP contribution in [0.1, 0.15) is 16.1 Å². The first-order valence-corrected chi connectivity index (χ1v) is 5.31. The molecule has 90 valence electrons. The molecule has 0 saturated carbocycles. The largest absolute Gasteiger partial charge is 0.478 e. The molecular formula is C12H9N3O3. The second-order valence-corrected chi connectivity index (χ2v) is 3.87. The Bertz CT molecular complexity index is 701. The minimum Gasteiger partial charge on any atom is -0.478 e. The highest BCUT2D eigenvalue weighted by atomic mass is 16.5. The van der Waals surface area contributed by atoms with Gasteiger partial charge in [-0.2, -0.15) is 0 Å². The SMILES string of the molecule is O=C(O)c1ccc2c(c1)ncn2Cc1ccon1. The first-order chi connectivity index (χ1) is 8.74. The number of benzene rings is 1. The lowest BCUT2D eigenvalue weighted by atomic mass is 10.2. The van der Waals surface area contributed by atoms with Crippen molar-refractivity contribution in [1.82, 2.24) is 14.7 Å². The molecule has 3 aromatic rings. The number of nitrogens with zero attached hydrogens (tertiary/aromatic N) is 3. The summed E-state index contributed by atoms with van der Waals surface area (Å²) in [5.41, 5.74) is 2.53. The summed E-state index contributed by atoms with van der Waals surface area (Å²) < 4.78 is 6.65. The average Bonchev–Trinajstić information content (AvgIpc) is 2.99.